The zero-order valence-corrected chi connectivity index (χ0v) is 15.0. The number of ether oxygens (including phenoxy) is 1. The summed E-state index contributed by atoms with van der Waals surface area (Å²) < 4.78 is 70.2. The van der Waals surface area contributed by atoms with Crippen LogP contribution >= 0.6 is 0 Å². The minimum atomic E-state index is -4.66. The minimum absolute atomic E-state index is 0.00274. The van der Waals surface area contributed by atoms with Crippen LogP contribution in [0.2, 0.25) is 0 Å². The number of carbonyl (C=O) groups is 1. The summed E-state index contributed by atoms with van der Waals surface area (Å²) in [6.45, 7) is -0.366. The molecule has 2 rings (SSSR count). The first-order valence-electron chi connectivity index (χ1n) is 7.73. The summed E-state index contributed by atoms with van der Waals surface area (Å²) in [5.74, 6) is -0.448. The summed E-state index contributed by atoms with van der Waals surface area (Å²) in [7, 11) is -2.37. The molecule has 0 saturated carbocycles. The molecule has 0 aliphatic rings. The molecule has 0 atom stereocenters. The number of halogens is 3. The fourth-order valence-electron chi connectivity index (χ4n) is 2.22. The van der Waals surface area contributed by atoms with Crippen molar-refractivity contribution in [1.29, 1.82) is 0 Å². The highest BCUT2D eigenvalue weighted by atomic mass is 32.2. The number of hydrogen-bond acceptors (Lipinski definition) is 4. The van der Waals surface area contributed by atoms with Crippen molar-refractivity contribution in [3.8, 4) is 5.75 Å². The van der Waals surface area contributed by atoms with Crippen molar-refractivity contribution in [3.63, 3.8) is 0 Å². The molecule has 0 fully saturated rings. The van der Waals surface area contributed by atoms with E-state index >= 15 is 0 Å². The van der Waals surface area contributed by atoms with E-state index in [1.54, 1.807) is 0 Å². The maximum Gasteiger partial charge on any atom is 0.417 e. The average Bonchev–Trinajstić information content (AvgIpc) is 2.64. The highest BCUT2D eigenvalue weighted by molar-refractivity contribution is 7.89. The molecule has 2 aromatic carbocycles. The highest BCUT2D eigenvalue weighted by Crippen LogP contribution is 2.31. The molecule has 0 aromatic heterocycles. The Kier molecular flexibility index (Phi) is 6.45. The van der Waals surface area contributed by atoms with Crippen LogP contribution in [-0.4, -0.2) is 34.5 Å². The van der Waals surface area contributed by atoms with Crippen molar-refractivity contribution in [2.75, 3.05) is 20.2 Å². The third-order valence-electron chi connectivity index (χ3n) is 3.55. The van der Waals surface area contributed by atoms with E-state index in [1.165, 1.54) is 43.5 Å². The minimum Gasteiger partial charge on any atom is -0.497 e. The lowest BCUT2D eigenvalue weighted by Crippen LogP contribution is -2.35. The number of carbonyl (C=O) groups excluding carboxylic acids is 1. The van der Waals surface area contributed by atoms with Gasteiger partial charge in [0, 0.05) is 13.1 Å². The molecule has 10 heteroatoms. The van der Waals surface area contributed by atoms with E-state index in [0.29, 0.717) is 5.75 Å². The van der Waals surface area contributed by atoms with Crippen molar-refractivity contribution in [3.05, 3.63) is 59.7 Å². The van der Waals surface area contributed by atoms with Gasteiger partial charge in [-0.2, -0.15) is 13.2 Å². The monoisotopic (exact) mass is 402 g/mol. The smallest absolute Gasteiger partial charge is 0.417 e. The molecule has 1 amide bonds. The predicted molar refractivity (Wildman–Crippen MR) is 92.0 cm³/mol. The summed E-state index contributed by atoms with van der Waals surface area (Å²) in [6.07, 6.45) is -4.66. The number of alkyl halides is 3. The molecule has 0 aliphatic carbocycles. The van der Waals surface area contributed by atoms with Gasteiger partial charge in [-0.1, -0.05) is 12.1 Å². The molecule has 0 unspecified atom stereocenters. The Labute approximate surface area is 154 Å². The van der Waals surface area contributed by atoms with Gasteiger partial charge in [0.2, 0.25) is 10.0 Å². The van der Waals surface area contributed by atoms with Crippen molar-refractivity contribution in [2.24, 2.45) is 0 Å². The van der Waals surface area contributed by atoms with Crippen LogP contribution < -0.4 is 14.8 Å². The van der Waals surface area contributed by atoms with E-state index in [4.69, 9.17) is 4.74 Å². The summed E-state index contributed by atoms with van der Waals surface area (Å²) in [6, 6.07) is 10.0. The van der Waals surface area contributed by atoms with E-state index < -0.39 is 33.2 Å². The molecule has 146 valence electrons. The lowest BCUT2D eigenvalue weighted by Gasteiger charge is -2.13. The van der Waals surface area contributed by atoms with Crippen LogP contribution in [0.3, 0.4) is 0 Å². The first-order valence-corrected chi connectivity index (χ1v) is 9.21. The molecule has 6 nitrogen and oxygen atoms in total. The van der Waals surface area contributed by atoms with Crippen molar-refractivity contribution >= 4 is 15.9 Å². The molecular weight excluding hydrogens is 385 g/mol. The lowest BCUT2D eigenvalue weighted by atomic mass is 10.1. The number of hydrogen-bond donors (Lipinski definition) is 2. The van der Waals surface area contributed by atoms with Crippen LogP contribution in [0.1, 0.15) is 15.9 Å². The average molecular weight is 402 g/mol. The maximum atomic E-state index is 12.9. The number of methoxy groups -OCH3 is 1. The largest absolute Gasteiger partial charge is 0.497 e. The summed E-state index contributed by atoms with van der Waals surface area (Å²) in [5.41, 5.74) is -1.58. The van der Waals surface area contributed by atoms with Gasteiger partial charge in [-0.05, 0) is 36.4 Å². The third-order valence-corrected chi connectivity index (χ3v) is 5.03. The first-order chi connectivity index (χ1) is 12.6. The predicted octanol–water partition coefficient (Wildman–Crippen LogP) is 2.42. The van der Waals surface area contributed by atoms with E-state index in [-0.39, 0.29) is 18.0 Å². The Hall–Kier alpha value is -2.59. The Morgan fingerprint density at radius 3 is 2.26 bits per heavy atom. The topological polar surface area (TPSA) is 84.5 Å². The number of nitrogens with one attached hydrogen (secondary N) is 2. The molecular formula is C17H17F3N2O4S. The molecule has 2 N–H and O–H groups in total. The van der Waals surface area contributed by atoms with E-state index in [1.807, 2.05) is 0 Å². The van der Waals surface area contributed by atoms with E-state index in [2.05, 4.69) is 10.0 Å². The number of rotatable bonds is 7. The molecule has 0 bridgehead atoms. The fraction of sp³-hybridized carbons (Fsp3) is 0.235. The quantitative estimate of drug-likeness (QED) is 0.697. The molecule has 0 heterocycles. The maximum absolute atomic E-state index is 12.9. The zero-order chi connectivity index (χ0) is 20.1. The zero-order valence-electron chi connectivity index (χ0n) is 14.2. The Balaban J connectivity index is 1.94. The van der Waals surface area contributed by atoms with Crippen LogP contribution in [0.4, 0.5) is 13.2 Å². The first kappa shape index (κ1) is 20.7. The SMILES string of the molecule is COc1ccc(S(=O)(=O)NCCNC(=O)c2ccccc2C(F)(F)F)cc1. The van der Waals surface area contributed by atoms with E-state index in [9.17, 15) is 26.4 Å². The van der Waals surface area contributed by atoms with Crippen LogP contribution in [0.25, 0.3) is 0 Å². The third kappa shape index (κ3) is 5.44. The van der Waals surface area contributed by atoms with Crippen molar-refractivity contribution in [2.45, 2.75) is 11.1 Å². The van der Waals surface area contributed by atoms with Gasteiger partial charge in [0.05, 0.1) is 23.1 Å². The van der Waals surface area contributed by atoms with Gasteiger partial charge < -0.3 is 10.1 Å². The Morgan fingerprint density at radius 2 is 1.67 bits per heavy atom. The van der Waals surface area contributed by atoms with Crippen LogP contribution in [0.15, 0.2) is 53.4 Å². The summed E-state index contributed by atoms with van der Waals surface area (Å²) >= 11 is 0. The highest BCUT2D eigenvalue weighted by Gasteiger charge is 2.34. The molecule has 27 heavy (non-hydrogen) atoms. The van der Waals surface area contributed by atoms with E-state index in [0.717, 1.165) is 12.1 Å². The Bertz CT molecular complexity index is 897. The lowest BCUT2D eigenvalue weighted by molar-refractivity contribution is -0.137. The van der Waals surface area contributed by atoms with Gasteiger partial charge in [-0.15, -0.1) is 0 Å². The van der Waals surface area contributed by atoms with Gasteiger partial charge in [-0.3, -0.25) is 4.79 Å². The number of sulfonamides is 1. The fourth-order valence-corrected chi connectivity index (χ4v) is 3.26. The van der Waals surface area contributed by atoms with Crippen molar-refractivity contribution < 1.29 is 31.1 Å². The van der Waals surface area contributed by atoms with Crippen molar-refractivity contribution in [1.82, 2.24) is 10.0 Å². The Morgan fingerprint density at radius 1 is 1.04 bits per heavy atom. The van der Waals surface area contributed by atoms with Gasteiger partial charge in [0.15, 0.2) is 0 Å². The second-order valence-electron chi connectivity index (χ2n) is 5.37. The van der Waals surface area contributed by atoms with Crippen LogP contribution in [0, 0.1) is 0 Å². The standard InChI is InChI=1S/C17H17F3N2O4S/c1-26-12-6-8-13(9-7-12)27(24,25)22-11-10-21-16(23)14-4-2-3-5-15(14)17(18,19)20/h2-9,22H,10-11H2,1H3,(H,21,23). The number of benzene rings is 2. The second kappa shape index (κ2) is 8.40. The molecule has 0 radical (unpaired) electrons. The van der Waals surface area contributed by atoms with Gasteiger partial charge in [0.1, 0.15) is 5.75 Å². The van der Waals surface area contributed by atoms with Gasteiger partial charge >= 0.3 is 6.18 Å². The molecule has 0 saturated heterocycles. The normalized spacial score (nSPS) is 11.9. The molecule has 2 aromatic rings. The summed E-state index contributed by atoms with van der Waals surface area (Å²) in [4.78, 5) is 12.0. The molecule has 0 spiro atoms. The van der Waals surface area contributed by atoms with Gasteiger partial charge in [-0.25, -0.2) is 13.1 Å². The second-order valence-corrected chi connectivity index (χ2v) is 7.14. The number of amides is 1. The van der Waals surface area contributed by atoms with Gasteiger partial charge in [0.25, 0.3) is 5.91 Å². The summed E-state index contributed by atoms with van der Waals surface area (Å²) in [5, 5.41) is 2.27. The van der Waals surface area contributed by atoms with Crippen LogP contribution in [0.5, 0.6) is 5.75 Å². The van der Waals surface area contributed by atoms with Crippen LogP contribution in [-0.2, 0) is 16.2 Å². The molecule has 0 aliphatic heterocycles.